The Kier molecular flexibility index (Phi) is 6.68. The summed E-state index contributed by atoms with van der Waals surface area (Å²) >= 11 is 0. The molecule has 1 N–H and O–H groups in total. The number of amides is 1. The highest BCUT2D eigenvalue weighted by Crippen LogP contribution is 2.22. The minimum atomic E-state index is -0.833. The zero-order valence-corrected chi connectivity index (χ0v) is 14.8. The van der Waals surface area contributed by atoms with Crippen LogP contribution in [0, 0.1) is 30.3 Å². The molecule has 1 amide bonds. The molecule has 0 saturated heterocycles. The fourth-order valence-electron chi connectivity index (χ4n) is 2.45. The number of carbonyl (C=O) groups excluding carboxylic acids is 1. The number of nitro benzene ring substituents is 2. The maximum absolute atomic E-state index is 12.1. The lowest BCUT2D eigenvalue weighted by Gasteiger charge is -2.07. The number of non-ortho nitro benzene ring substituents is 2. The number of nitrogens with zero attached hydrogens (tertiary/aromatic N) is 4. The number of nitrogens with one attached hydrogen (secondary N) is 1. The van der Waals surface area contributed by atoms with Gasteiger partial charge in [-0.1, -0.05) is 0 Å². The molecule has 0 atom stereocenters. The van der Waals surface area contributed by atoms with Crippen molar-refractivity contribution in [3.05, 3.63) is 82.8 Å². The maximum atomic E-state index is 12.1. The second kappa shape index (κ2) is 9.16. The standard InChI is InChI=1S/C16H15N5O8/c22-15-4-3-12(19(24)25)10-18(15)6-2-1-5-17-16(23)11-7-13(20(26)27)9-14(8-11)21(28)29/h3-4,7-10H,1-2,5-6H2,(H,17,23). The summed E-state index contributed by atoms with van der Waals surface area (Å²) in [4.78, 5) is 54.0. The van der Waals surface area contributed by atoms with Crippen molar-refractivity contribution in [3.63, 3.8) is 0 Å². The van der Waals surface area contributed by atoms with E-state index in [2.05, 4.69) is 5.32 Å². The third kappa shape index (κ3) is 5.66. The van der Waals surface area contributed by atoms with Gasteiger partial charge in [-0.2, -0.15) is 0 Å². The van der Waals surface area contributed by atoms with Crippen LogP contribution in [0.15, 0.2) is 41.3 Å². The molecule has 13 heteroatoms. The van der Waals surface area contributed by atoms with Crippen molar-refractivity contribution in [2.45, 2.75) is 19.4 Å². The molecule has 152 valence electrons. The maximum Gasteiger partial charge on any atom is 0.285 e. The van der Waals surface area contributed by atoms with E-state index in [1.165, 1.54) is 4.57 Å². The van der Waals surface area contributed by atoms with E-state index < -0.39 is 37.6 Å². The molecule has 13 nitrogen and oxygen atoms in total. The first-order valence-corrected chi connectivity index (χ1v) is 8.26. The molecule has 0 aliphatic carbocycles. The highest BCUT2D eigenvalue weighted by molar-refractivity contribution is 5.95. The predicted octanol–water partition coefficient (Wildman–Crippen LogP) is 1.78. The molecule has 0 radical (unpaired) electrons. The Morgan fingerprint density at radius 2 is 1.48 bits per heavy atom. The Hall–Kier alpha value is -4.16. The van der Waals surface area contributed by atoms with E-state index in [1.807, 2.05) is 0 Å². The molecule has 1 aromatic carbocycles. The van der Waals surface area contributed by atoms with Crippen LogP contribution >= 0.6 is 0 Å². The Morgan fingerprint density at radius 3 is 2.03 bits per heavy atom. The van der Waals surface area contributed by atoms with Crippen molar-refractivity contribution in [2.75, 3.05) is 6.54 Å². The van der Waals surface area contributed by atoms with Gasteiger partial charge in [-0.3, -0.25) is 39.9 Å². The average Bonchev–Trinajstić information content (AvgIpc) is 2.68. The van der Waals surface area contributed by atoms with Gasteiger partial charge in [-0.05, 0) is 12.8 Å². The van der Waals surface area contributed by atoms with Crippen LogP contribution in [0.3, 0.4) is 0 Å². The molecular weight excluding hydrogens is 390 g/mol. The van der Waals surface area contributed by atoms with Crippen molar-refractivity contribution in [1.82, 2.24) is 9.88 Å². The monoisotopic (exact) mass is 405 g/mol. The SMILES string of the molecule is O=C(NCCCCn1cc([N+](=O)[O-])ccc1=O)c1cc([N+](=O)[O-])cc([N+](=O)[O-])c1. The van der Waals surface area contributed by atoms with Crippen LogP contribution in [0.2, 0.25) is 0 Å². The van der Waals surface area contributed by atoms with Gasteiger partial charge in [0.05, 0.1) is 32.6 Å². The summed E-state index contributed by atoms with van der Waals surface area (Å²) in [6.07, 6.45) is 1.94. The van der Waals surface area contributed by atoms with Gasteiger partial charge in [0.2, 0.25) is 0 Å². The molecule has 0 unspecified atom stereocenters. The van der Waals surface area contributed by atoms with E-state index in [0.29, 0.717) is 12.8 Å². The zero-order chi connectivity index (χ0) is 21.6. The van der Waals surface area contributed by atoms with E-state index in [9.17, 15) is 39.9 Å². The van der Waals surface area contributed by atoms with Crippen LogP contribution in [0.25, 0.3) is 0 Å². The number of aryl methyl sites for hydroxylation is 1. The van der Waals surface area contributed by atoms with E-state index in [0.717, 1.165) is 36.5 Å². The lowest BCUT2D eigenvalue weighted by Crippen LogP contribution is -2.25. The van der Waals surface area contributed by atoms with Gasteiger partial charge in [-0.25, -0.2) is 0 Å². The number of nitro groups is 3. The van der Waals surface area contributed by atoms with Crippen molar-refractivity contribution < 1.29 is 19.6 Å². The van der Waals surface area contributed by atoms with Crippen molar-refractivity contribution >= 4 is 23.0 Å². The second-order valence-corrected chi connectivity index (χ2v) is 5.89. The van der Waals surface area contributed by atoms with E-state index >= 15 is 0 Å². The second-order valence-electron chi connectivity index (χ2n) is 5.89. The summed E-state index contributed by atoms with van der Waals surface area (Å²) in [5.74, 6) is -0.718. The zero-order valence-electron chi connectivity index (χ0n) is 14.8. The molecule has 1 heterocycles. The lowest BCUT2D eigenvalue weighted by atomic mass is 10.1. The van der Waals surface area contributed by atoms with Crippen LogP contribution in [0.4, 0.5) is 17.1 Å². The third-order valence-electron chi connectivity index (χ3n) is 3.88. The molecular formula is C16H15N5O8. The molecule has 2 aromatic rings. The smallest absolute Gasteiger partial charge is 0.285 e. The average molecular weight is 405 g/mol. The number of rotatable bonds is 9. The van der Waals surface area contributed by atoms with Crippen LogP contribution in [0.1, 0.15) is 23.2 Å². The third-order valence-corrected chi connectivity index (χ3v) is 3.88. The molecule has 1 aromatic heterocycles. The fourth-order valence-corrected chi connectivity index (χ4v) is 2.45. The first-order chi connectivity index (χ1) is 13.7. The van der Waals surface area contributed by atoms with E-state index in [4.69, 9.17) is 0 Å². The van der Waals surface area contributed by atoms with Gasteiger partial charge in [0.15, 0.2) is 0 Å². The Balaban J connectivity index is 1.93. The highest BCUT2D eigenvalue weighted by Gasteiger charge is 2.19. The summed E-state index contributed by atoms with van der Waals surface area (Å²) in [5, 5.41) is 34.9. The minimum absolute atomic E-state index is 0.138. The van der Waals surface area contributed by atoms with Crippen LogP contribution in [-0.2, 0) is 6.54 Å². The number of pyridine rings is 1. The van der Waals surface area contributed by atoms with Crippen LogP contribution in [-0.4, -0.2) is 31.8 Å². The summed E-state index contributed by atoms with van der Waals surface area (Å²) in [5.41, 5.74) is -1.99. The van der Waals surface area contributed by atoms with Crippen molar-refractivity contribution in [3.8, 4) is 0 Å². The van der Waals surface area contributed by atoms with Gasteiger partial charge in [-0.15, -0.1) is 0 Å². The molecule has 0 bridgehead atoms. The largest absolute Gasteiger partial charge is 0.352 e. The molecule has 0 fully saturated rings. The van der Waals surface area contributed by atoms with Crippen molar-refractivity contribution in [1.29, 1.82) is 0 Å². The van der Waals surface area contributed by atoms with Gasteiger partial charge >= 0.3 is 0 Å². The Bertz CT molecular complexity index is 1000. The van der Waals surface area contributed by atoms with Crippen LogP contribution in [0.5, 0.6) is 0 Å². The molecule has 0 saturated carbocycles. The number of unbranched alkanes of at least 4 members (excludes halogenated alkanes) is 1. The van der Waals surface area contributed by atoms with Gasteiger partial charge in [0, 0.05) is 37.4 Å². The lowest BCUT2D eigenvalue weighted by molar-refractivity contribution is -0.394. The van der Waals surface area contributed by atoms with Gasteiger partial charge < -0.3 is 9.88 Å². The van der Waals surface area contributed by atoms with Gasteiger partial charge in [0.1, 0.15) is 0 Å². The number of aromatic nitrogens is 1. The topological polar surface area (TPSA) is 181 Å². The molecule has 0 aliphatic rings. The quantitative estimate of drug-likeness (QED) is 0.372. The normalized spacial score (nSPS) is 10.3. The molecule has 29 heavy (non-hydrogen) atoms. The summed E-state index contributed by atoms with van der Waals surface area (Å²) in [7, 11) is 0. The summed E-state index contributed by atoms with van der Waals surface area (Å²) < 4.78 is 1.18. The first-order valence-electron chi connectivity index (χ1n) is 8.26. The fraction of sp³-hybridized carbons (Fsp3) is 0.250. The summed E-state index contributed by atoms with van der Waals surface area (Å²) in [6, 6.07) is 4.83. The van der Waals surface area contributed by atoms with Crippen LogP contribution < -0.4 is 10.9 Å². The molecule has 0 spiro atoms. The summed E-state index contributed by atoms with van der Waals surface area (Å²) in [6.45, 7) is 0.331. The van der Waals surface area contributed by atoms with Crippen molar-refractivity contribution in [2.24, 2.45) is 0 Å². The number of hydrogen-bond acceptors (Lipinski definition) is 8. The van der Waals surface area contributed by atoms with E-state index in [1.54, 1.807) is 0 Å². The highest BCUT2D eigenvalue weighted by atomic mass is 16.6. The molecule has 0 aliphatic heterocycles. The first kappa shape index (κ1) is 21.1. The number of carbonyl (C=O) groups is 1. The Morgan fingerprint density at radius 1 is 0.897 bits per heavy atom. The van der Waals surface area contributed by atoms with E-state index in [-0.39, 0.29) is 24.3 Å². The number of benzene rings is 1. The predicted molar refractivity (Wildman–Crippen MR) is 98.7 cm³/mol. The Labute approximate surface area is 162 Å². The van der Waals surface area contributed by atoms with Gasteiger partial charge in [0.25, 0.3) is 28.5 Å². The molecule has 2 rings (SSSR count). The minimum Gasteiger partial charge on any atom is -0.352 e. The number of hydrogen-bond donors (Lipinski definition) is 1.